The first-order valence-electron chi connectivity index (χ1n) is 7.96. The summed E-state index contributed by atoms with van der Waals surface area (Å²) < 4.78 is 50.4. The van der Waals surface area contributed by atoms with E-state index in [1.807, 2.05) is 0 Å². The number of nitrogens with one attached hydrogen (secondary N) is 1. The van der Waals surface area contributed by atoms with Gasteiger partial charge < -0.3 is 10.2 Å². The van der Waals surface area contributed by atoms with E-state index in [0.717, 1.165) is 5.56 Å². The molecule has 0 spiro atoms. The predicted octanol–water partition coefficient (Wildman–Crippen LogP) is 2.73. The summed E-state index contributed by atoms with van der Waals surface area (Å²) in [4.78, 5) is 25.8. The molecular weight excluding hydrogens is 388 g/mol. The average Bonchev–Trinajstić information content (AvgIpc) is 3.21. The lowest BCUT2D eigenvalue weighted by molar-refractivity contribution is -0.138. The number of rotatable bonds is 5. The van der Waals surface area contributed by atoms with Gasteiger partial charge in [0.05, 0.1) is 5.92 Å². The number of amides is 2. The zero-order valence-electron chi connectivity index (χ0n) is 13.8. The number of hydrogen-bond donors (Lipinski definition) is 1. The summed E-state index contributed by atoms with van der Waals surface area (Å²) in [6.07, 6.45) is -4.15. The first kappa shape index (κ1) is 19.2. The van der Waals surface area contributed by atoms with Gasteiger partial charge in [-0.2, -0.15) is 13.2 Å². The number of anilines is 1. The molecule has 1 aromatic heterocycles. The zero-order valence-corrected chi connectivity index (χ0v) is 14.6. The molecule has 2 heterocycles. The Hall–Kier alpha value is -2.56. The smallest absolute Gasteiger partial charge is 0.342 e. The standard InChI is InChI=1S/C16H14F4N4O2S/c17-11-3-1-9(2-4-11)5-6-24-8-10(7-12(24)25)13(26)21-15-23-22-14(27-15)16(18,19)20/h1-4,10H,5-8H2,(H,21,23,26)/t10-/m1/s1. The van der Waals surface area contributed by atoms with Crippen LogP contribution in [0.25, 0.3) is 0 Å². The van der Waals surface area contributed by atoms with Gasteiger partial charge in [0.15, 0.2) is 0 Å². The van der Waals surface area contributed by atoms with E-state index in [9.17, 15) is 27.2 Å². The third kappa shape index (κ3) is 4.79. The topological polar surface area (TPSA) is 75.2 Å². The van der Waals surface area contributed by atoms with E-state index in [1.54, 1.807) is 12.1 Å². The summed E-state index contributed by atoms with van der Waals surface area (Å²) in [5.74, 6) is -1.81. The second-order valence-corrected chi connectivity index (χ2v) is 6.99. The van der Waals surface area contributed by atoms with Crippen molar-refractivity contribution >= 4 is 28.3 Å². The minimum atomic E-state index is -4.62. The first-order chi connectivity index (χ1) is 12.7. The molecule has 1 fully saturated rings. The van der Waals surface area contributed by atoms with Crippen LogP contribution in [0.3, 0.4) is 0 Å². The lowest BCUT2D eigenvalue weighted by Crippen LogP contribution is -2.30. The Morgan fingerprint density at radius 3 is 2.59 bits per heavy atom. The summed E-state index contributed by atoms with van der Waals surface area (Å²) in [6, 6.07) is 5.89. The Bertz CT molecular complexity index is 838. The average molecular weight is 402 g/mol. The quantitative estimate of drug-likeness (QED) is 0.781. The molecule has 6 nitrogen and oxygen atoms in total. The number of carbonyl (C=O) groups is 2. The molecule has 1 saturated heterocycles. The summed E-state index contributed by atoms with van der Waals surface area (Å²) in [5, 5.41) is 7.17. The van der Waals surface area contributed by atoms with Gasteiger partial charge in [0.25, 0.3) is 0 Å². The molecule has 1 aliphatic heterocycles. The Labute approximate surface area is 155 Å². The van der Waals surface area contributed by atoms with Gasteiger partial charge in [-0.3, -0.25) is 9.59 Å². The van der Waals surface area contributed by atoms with Crippen LogP contribution in [-0.2, 0) is 22.2 Å². The van der Waals surface area contributed by atoms with Crippen LogP contribution in [0, 0.1) is 11.7 Å². The minimum absolute atomic E-state index is 0.0276. The highest BCUT2D eigenvalue weighted by atomic mass is 32.1. The SMILES string of the molecule is O=C(Nc1nnc(C(F)(F)F)s1)[C@@H]1CC(=O)N(CCc2ccc(F)cc2)C1. The van der Waals surface area contributed by atoms with Crippen molar-refractivity contribution in [3.63, 3.8) is 0 Å². The lowest BCUT2D eigenvalue weighted by Gasteiger charge is -2.16. The van der Waals surface area contributed by atoms with Crippen LogP contribution in [0.2, 0.25) is 0 Å². The van der Waals surface area contributed by atoms with Crippen LogP contribution in [0.1, 0.15) is 17.0 Å². The molecule has 0 saturated carbocycles. The number of carbonyl (C=O) groups excluding carboxylic acids is 2. The van der Waals surface area contributed by atoms with Crippen molar-refractivity contribution in [2.75, 3.05) is 18.4 Å². The van der Waals surface area contributed by atoms with Gasteiger partial charge in [0, 0.05) is 19.5 Å². The molecule has 144 valence electrons. The van der Waals surface area contributed by atoms with Gasteiger partial charge in [-0.1, -0.05) is 23.5 Å². The number of likely N-dealkylation sites (tertiary alicyclic amines) is 1. The van der Waals surface area contributed by atoms with E-state index in [2.05, 4.69) is 15.5 Å². The van der Waals surface area contributed by atoms with Gasteiger partial charge in [0.1, 0.15) is 5.82 Å². The molecule has 1 aromatic carbocycles. The van der Waals surface area contributed by atoms with Crippen molar-refractivity contribution < 1.29 is 27.2 Å². The van der Waals surface area contributed by atoms with Crippen molar-refractivity contribution in [3.05, 3.63) is 40.7 Å². The number of halogens is 4. The van der Waals surface area contributed by atoms with Crippen molar-refractivity contribution in [3.8, 4) is 0 Å². The summed E-state index contributed by atoms with van der Waals surface area (Å²) in [6.45, 7) is 0.530. The fourth-order valence-corrected chi connectivity index (χ4v) is 3.29. The van der Waals surface area contributed by atoms with Crippen LogP contribution >= 0.6 is 11.3 Å². The largest absolute Gasteiger partial charge is 0.445 e. The third-order valence-corrected chi connectivity index (χ3v) is 4.95. The van der Waals surface area contributed by atoms with E-state index >= 15 is 0 Å². The van der Waals surface area contributed by atoms with Crippen LogP contribution < -0.4 is 5.32 Å². The van der Waals surface area contributed by atoms with E-state index in [4.69, 9.17) is 0 Å². The van der Waals surface area contributed by atoms with E-state index in [1.165, 1.54) is 17.0 Å². The number of nitrogens with zero attached hydrogens (tertiary/aromatic N) is 3. The minimum Gasteiger partial charge on any atom is -0.342 e. The van der Waals surface area contributed by atoms with E-state index < -0.39 is 23.0 Å². The van der Waals surface area contributed by atoms with Gasteiger partial charge in [-0.05, 0) is 24.1 Å². The van der Waals surface area contributed by atoms with Crippen molar-refractivity contribution in [2.24, 2.45) is 5.92 Å². The number of alkyl halides is 3. The number of hydrogen-bond acceptors (Lipinski definition) is 5. The molecule has 3 rings (SSSR count). The Kier molecular flexibility index (Phi) is 5.40. The monoisotopic (exact) mass is 402 g/mol. The van der Waals surface area contributed by atoms with E-state index in [0.29, 0.717) is 13.0 Å². The highest BCUT2D eigenvalue weighted by molar-refractivity contribution is 7.15. The highest BCUT2D eigenvalue weighted by Crippen LogP contribution is 2.33. The highest BCUT2D eigenvalue weighted by Gasteiger charge is 2.37. The molecule has 0 bridgehead atoms. The van der Waals surface area contributed by atoms with Gasteiger partial charge >= 0.3 is 6.18 Å². The van der Waals surface area contributed by atoms with Crippen molar-refractivity contribution in [2.45, 2.75) is 19.0 Å². The summed E-state index contributed by atoms with van der Waals surface area (Å²) >= 11 is 0.229. The summed E-state index contributed by atoms with van der Waals surface area (Å²) in [7, 11) is 0. The fourth-order valence-electron chi connectivity index (χ4n) is 2.67. The molecule has 1 N–H and O–H groups in total. The maximum Gasteiger partial charge on any atom is 0.445 e. The molecule has 0 aliphatic carbocycles. The molecular formula is C16H14F4N4O2S. The molecule has 2 aromatic rings. The Morgan fingerprint density at radius 2 is 1.96 bits per heavy atom. The molecule has 27 heavy (non-hydrogen) atoms. The normalized spacial score (nSPS) is 17.4. The third-order valence-electron chi connectivity index (χ3n) is 4.07. The Balaban J connectivity index is 1.54. The van der Waals surface area contributed by atoms with Crippen LogP contribution in [0.5, 0.6) is 0 Å². The van der Waals surface area contributed by atoms with Crippen LogP contribution in [0.15, 0.2) is 24.3 Å². The number of aromatic nitrogens is 2. The summed E-state index contributed by atoms with van der Waals surface area (Å²) in [5.41, 5.74) is 0.852. The fraction of sp³-hybridized carbons (Fsp3) is 0.375. The zero-order chi connectivity index (χ0) is 19.6. The second kappa shape index (κ2) is 7.59. The molecule has 11 heteroatoms. The maximum atomic E-state index is 12.9. The number of benzene rings is 1. The van der Waals surface area contributed by atoms with Crippen molar-refractivity contribution in [1.82, 2.24) is 15.1 Å². The van der Waals surface area contributed by atoms with E-state index in [-0.39, 0.29) is 41.2 Å². The van der Waals surface area contributed by atoms with Gasteiger partial charge in [-0.15, -0.1) is 10.2 Å². The molecule has 0 unspecified atom stereocenters. The van der Waals surface area contributed by atoms with Crippen LogP contribution in [-0.4, -0.2) is 40.0 Å². The maximum absolute atomic E-state index is 12.9. The molecule has 1 atom stereocenters. The van der Waals surface area contributed by atoms with Gasteiger partial charge in [-0.25, -0.2) is 4.39 Å². The Morgan fingerprint density at radius 1 is 1.26 bits per heavy atom. The van der Waals surface area contributed by atoms with Gasteiger partial charge in [0.2, 0.25) is 22.0 Å². The molecule has 2 amide bonds. The first-order valence-corrected chi connectivity index (χ1v) is 8.78. The molecule has 1 aliphatic rings. The van der Waals surface area contributed by atoms with Crippen LogP contribution in [0.4, 0.5) is 22.7 Å². The predicted molar refractivity (Wildman–Crippen MR) is 88.3 cm³/mol. The van der Waals surface area contributed by atoms with Crippen molar-refractivity contribution in [1.29, 1.82) is 0 Å². The lowest BCUT2D eigenvalue weighted by atomic mass is 10.1. The molecule has 0 radical (unpaired) electrons. The second-order valence-electron chi connectivity index (χ2n) is 6.02.